The Morgan fingerprint density at radius 1 is 1.30 bits per heavy atom. The second kappa shape index (κ2) is 7.60. The molecule has 2 aromatic heterocycles. The van der Waals surface area contributed by atoms with Crippen LogP contribution in [0.4, 0.5) is 19.1 Å². The Morgan fingerprint density at radius 2 is 2.06 bits per heavy atom. The fourth-order valence-electron chi connectivity index (χ4n) is 4.95. The maximum absolute atomic E-state index is 14.5. The predicted molar refractivity (Wildman–Crippen MR) is 114 cm³/mol. The van der Waals surface area contributed by atoms with Crippen LogP contribution in [-0.2, 0) is 22.3 Å². The zero-order valence-electron chi connectivity index (χ0n) is 17.9. The second-order valence-corrected chi connectivity index (χ2v) is 8.75. The highest BCUT2D eigenvalue weighted by Gasteiger charge is 2.67. The van der Waals surface area contributed by atoms with Crippen molar-refractivity contribution in [2.24, 2.45) is 13.0 Å². The lowest BCUT2D eigenvalue weighted by molar-refractivity contribution is -0.217. The molecule has 1 unspecified atom stereocenters. The van der Waals surface area contributed by atoms with Gasteiger partial charge in [-0.1, -0.05) is 37.8 Å². The maximum Gasteiger partial charge on any atom is 0.440 e. The maximum atomic E-state index is 14.5. The first-order valence-electron chi connectivity index (χ1n) is 10.9. The number of para-hydroxylation sites is 1. The number of aryl methyl sites for hydroxylation is 1. The number of imidazole rings is 1. The van der Waals surface area contributed by atoms with Gasteiger partial charge in [0.15, 0.2) is 0 Å². The van der Waals surface area contributed by atoms with E-state index in [2.05, 4.69) is 15.4 Å². The molecule has 0 bridgehead atoms. The van der Waals surface area contributed by atoms with E-state index in [1.807, 2.05) is 5.32 Å². The highest BCUT2D eigenvalue weighted by atomic mass is 19.4. The largest absolute Gasteiger partial charge is 0.440 e. The molecule has 3 aromatic rings. The summed E-state index contributed by atoms with van der Waals surface area (Å²) in [6.45, 7) is 0. The van der Waals surface area contributed by atoms with Crippen LogP contribution < -0.4 is 10.6 Å². The third-order valence-electron chi connectivity index (χ3n) is 6.58. The fraction of sp³-hybridized carbons (Fsp3) is 0.455. The molecule has 1 saturated carbocycles. The van der Waals surface area contributed by atoms with Crippen LogP contribution in [-0.4, -0.2) is 37.3 Å². The van der Waals surface area contributed by atoms with Crippen LogP contribution in [0, 0.1) is 5.92 Å². The minimum atomic E-state index is -5.09. The van der Waals surface area contributed by atoms with Crippen LogP contribution in [0.3, 0.4) is 0 Å². The van der Waals surface area contributed by atoms with Gasteiger partial charge in [0, 0.05) is 30.8 Å². The van der Waals surface area contributed by atoms with E-state index in [-0.39, 0.29) is 23.4 Å². The molecule has 2 aliphatic rings. The van der Waals surface area contributed by atoms with Gasteiger partial charge < -0.3 is 5.32 Å². The second-order valence-electron chi connectivity index (χ2n) is 8.75. The molecule has 2 amide bonds. The summed E-state index contributed by atoms with van der Waals surface area (Å²) in [7, 11) is 1.73. The van der Waals surface area contributed by atoms with Crippen LogP contribution in [0.5, 0.6) is 0 Å². The van der Waals surface area contributed by atoms with Crippen molar-refractivity contribution in [3.63, 3.8) is 0 Å². The first-order valence-corrected chi connectivity index (χ1v) is 10.9. The van der Waals surface area contributed by atoms with Crippen molar-refractivity contribution in [2.45, 2.75) is 50.4 Å². The average molecular weight is 460 g/mol. The van der Waals surface area contributed by atoms with Gasteiger partial charge in [0.25, 0.3) is 11.6 Å². The number of amides is 2. The normalized spacial score (nSPS) is 20.9. The molecule has 174 valence electrons. The molecule has 1 fully saturated rings. The lowest BCUT2D eigenvalue weighted by Gasteiger charge is -2.32. The molecule has 33 heavy (non-hydrogen) atoms. The highest BCUT2D eigenvalue weighted by molar-refractivity contribution is 6.06. The molecule has 1 atom stereocenters. The van der Waals surface area contributed by atoms with Crippen molar-refractivity contribution in [1.82, 2.24) is 24.6 Å². The summed E-state index contributed by atoms with van der Waals surface area (Å²) < 4.78 is 46.0. The minimum absolute atomic E-state index is 0.0708. The van der Waals surface area contributed by atoms with Gasteiger partial charge in [0.2, 0.25) is 11.9 Å². The lowest BCUT2D eigenvalue weighted by atomic mass is 10.0. The SMILES string of the molecule is Cn1cc(-c2cccc3c2nc2n3C(NC(=O)CCC3CCCC3)(C(F)(F)F)C(=O)N2)cn1. The molecule has 11 heteroatoms. The standard InChI is InChI=1S/C22H23F3N6O2/c1-30-12-14(11-26-30)15-7-4-8-16-18(15)27-20-28-19(33)21(31(16)20,22(23,24)25)29-17(32)10-9-13-5-2-3-6-13/h4,7-8,11-13H,2-3,5-6,9-10H2,1H3,(H,29,32)(H,27,28,33). The fourth-order valence-corrected chi connectivity index (χ4v) is 4.95. The number of hydrogen-bond donors (Lipinski definition) is 2. The molecule has 0 saturated heterocycles. The number of halogens is 3. The number of rotatable bonds is 5. The summed E-state index contributed by atoms with van der Waals surface area (Å²) in [6, 6.07) is 4.77. The van der Waals surface area contributed by atoms with Crippen LogP contribution in [0.15, 0.2) is 30.6 Å². The summed E-state index contributed by atoms with van der Waals surface area (Å²) in [4.78, 5) is 29.7. The number of carbonyl (C=O) groups excluding carboxylic acids is 2. The van der Waals surface area contributed by atoms with Crippen molar-refractivity contribution < 1.29 is 22.8 Å². The number of nitrogens with one attached hydrogen (secondary N) is 2. The molecule has 1 aromatic carbocycles. The third-order valence-corrected chi connectivity index (χ3v) is 6.58. The molecule has 0 radical (unpaired) electrons. The van der Waals surface area contributed by atoms with Gasteiger partial charge in [-0.25, -0.2) is 4.98 Å². The Labute approximate surface area is 187 Å². The first-order chi connectivity index (χ1) is 15.7. The summed E-state index contributed by atoms with van der Waals surface area (Å²) in [5.41, 5.74) is -1.67. The predicted octanol–water partition coefficient (Wildman–Crippen LogP) is 3.69. The molecule has 5 rings (SSSR count). The van der Waals surface area contributed by atoms with Crippen molar-refractivity contribution in [3.05, 3.63) is 30.6 Å². The number of aromatic nitrogens is 4. The molecule has 1 aliphatic heterocycles. The van der Waals surface area contributed by atoms with Gasteiger partial charge in [-0.3, -0.25) is 24.2 Å². The van der Waals surface area contributed by atoms with E-state index in [0.717, 1.165) is 30.3 Å². The number of hydrogen-bond acceptors (Lipinski definition) is 4. The Bertz CT molecular complexity index is 1240. The molecule has 8 nitrogen and oxygen atoms in total. The molecular formula is C22H23F3N6O2. The quantitative estimate of drug-likeness (QED) is 0.607. The smallest absolute Gasteiger partial charge is 0.317 e. The van der Waals surface area contributed by atoms with Crippen molar-refractivity contribution in [1.29, 1.82) is 0 Å². The number of benzene rings is 1. The summed E-state index contributed by atoms with van der Waals surface area (Å²) >= 11 is 0. The summed E-state index contributed by atoms with van der Waals surface area (Å²) in [5.74, 6) is -2.12. The van der Waals surface area contributed by atoms with E-state index in [1.165, 1.54) is 6.07 Å². The monoisotopic (exact) mass is 460 g/mol. The van der Waals surface area contributed by atoms with Crippen molar-refractivity contribution >= 4 is 28.8 Å². The molecule has 3 heterocycles. The molecule has 1 aliphatic carbocycles. The zero-order chi connectivity index (χ0) is 23.4. The van der Waals surface area contributed by atoms with E-state index in [0.29, 0.717) is 23.5 Å². The third kappa shape index (κ3) is 3.37. The van der Waals surface area contributed by atoms with E-state index < -0.39 is 23.7 Å². The lowest BCUT2D eigenvalue weighted by Crippen LogP contribution is -2.63. The summed E-state index contributed by atoms with van der Waals surface area (Å²) in [5, 5.41) is 8.37. The van der Waals surface area contributed by atoms with E-state index in [1.54, 1.807) is 36.3 Å². The highest BCUT2D eigenvalue weighted by Crippen LogP contribution is 2.45. The molecule has 2 N–H and O–H groups in total. The van der Waals surface area contributed by atoms with E-state index >= 15 is 0 Å². The van der Waals surface area contributed by atoms with Gasteiger partial charge in [0.05, 0.1) is 17.2 Å². The number of carbonyl (C=O) groups is 2. The van der Waals surface area contributed by atoms with E-state index in [4.69, 9.17) is 0 Å². The Balaban J connectivity index is 1.57. The van der Waals surface area contributed by atoms with Gasteiger partial charge in [-0.15, -0.1) is 0 Å². The molecular weight excluding hydrogens is 437 g/mol. The van der Waals surface area contributed by atoms with Crippen molar-refractivity contribution in [2.75, 3.05) is 5.32 Å². The number of alkyl halides is 3. The van der Waals surface area contributed by atoms with Gasteiger partial charge in [-0.05, 0) is 18.4 Å². The number of fused-ring (bicyclic) bond motifs is 3. The number of nitrogens with zero attached hydrogens (tertiary/aromatic N) is 4. The van der Waals surface area contributed by atoms with Gasteiger partial charge >= 0.3 is 6.18 Å². The Kier molecular flexibility index (Phi) is 4.95. The summed E-state index contributed by atoms with van der Waals surface area (Å²) in [6.07, 6.45) is 2.75. The zero-order valence-corrected chi connectivity index (χ0v) is 17.9. The van der Waals surface area contributed by atoms with Crippen LogP contribution in [0.1, 0.15) is 38.5 Å². The topological polar surface area (TPSA) is 93.8 Å². The van der Waals surface area contributed by atoms with Crippen LogP contribution in [0.2, 0.25) is 0 Å². The molecule has 0 spiro atoms. The Hall–Kier alpha value is -3.37. The van der Waals surface area contributed by atoms with Crippen LogP contribution in [0.25, 0.3) is 22.2 Å². The average Bonchev–Trinajstić information content (AvgIpc) is 3.52. The van der Waals surface area contributed by atoms with Gasteiger partial charge in [-0.2, -0.15) is 18.3 Å². The van der Waals surface area contributed by atoms with E-state index in [9.17, 15) is 22.8 Å². The van der Waals surface area contributed by atoms with Gasteiger partial charge in [0.1, 0.15) is 0 Å². The van der Waals surface area contributed by atoms with Crippen LogP contribution >= 0.6 is 0 Å². The first kappa shape index (κ1) is 21.5. The van der Waals surface area contributed by atoms with Crippen molar-refractivity contribution in [3.8, 4) is 11.1 Å². The Morgan fingerprint density at radius 3 is 2.73 bits per heavy atom. The minimum Gasteiger partial charge on any atom is -0.317 e. The number of anilines is 1.